The molecular weight excluding hydrogens is 282 g/mol. The van der Waals surface area contributed by atoms with E-state index < -0.39 is 0 Å². The summed E-state index contributed by atoms with van der Waals surface area (Å²) >= 11 is 3.45. The molecule has 0 saturated carbocycles. The third kappa shape index (κ3) is 2.87. The second kappa shape index (κ2) is 5.19. The van der Waals surface area contributed by atoms with Crippen molar-refractivity contribution >= 4 is 27.5 Å². The Balaban J connectivity index is 2.05. The van der Waals surface area contributed by atoms with Crippen molar-refractivity contribution in [2.75, 3.05) is 11.9 Å². The van der Waals surface area contributed by atoms with E-state index >= 15 is 0 Å². The zero-order chi connectivity index (χ0) is 12.4. The van der Waals surface area contributed by atoms with Crippen molar-refractivity contribution in [3.05, 3.63) is 28.2 Å². The lowest BCUT2D eigenvalue weighted by atomic mass is 10.0. The smallest absolute Gasteiger partial charge is 0.253 e. The first kappa shape index (κ1) is 12.6. The molecule has 0 spiro atoms. The van der Waals surface area contributed by atoms with Crippen molar-refractivity contribution in [2.24, 2.45) is 5.92 Å². The van der Waals surface area contributed by atoms with E-state index in [1.807, 2.05) is 32.0 Å². The molecule has 1 amide bonds. The van der Waals surface area contributed by atoms with Gasteiger partial charge in [-0.25, -0.2) is 0 Å². The molecule has 4 heteroatoms. The Labute approximate surface area is 110 Å². The minimum absolute atomic E-state index is 0.0502. The van der Waals surface area contributed by atoms with Gasteiger partial charge in [0, 0.05) is 16.8 Å². The summed E-state index contributed by atoms with van der Waals surface area (Å²) in [6.07, 6.45) is 0.644. The standard InChI is InChI=1S/C13H16BrNO2/c1-8-3-4-10(7-11(8)14)15-13(16)12-9(2)5-6-17-12/h3-4,7,9,12H,5-6H2,1-2H3,(H,15,16). The zero-order valence-corrected chi connectivity index (χ0v) is 11.6. The number of hydrogen-bond donors (Lipinski definition) is 1. The molecule has 1 saturated heterocycles. The number of carbonyl (C=O) groups excluding carboxylic acids is 1. The van der Waals surface area contributed by atoms with E-state index in [0.29, 0.717) is 12.5 Å². The first-order valence-electron chi connectivity index (χ1n) is 5.76. The van der Waals surface area contributed by atoms with Crippen LogP contribution in [0.15, 0.2) is 22.7 Å². The average Bonchev–Trinajstić information content (AvgIpc) is 2.70. The van der Waals surface area contributed by atoms with Crippen LogP contribution < -0.4 is 5.32 Å². The quantitative estimate of drug-likeness (QED) is 0.911. The van der Waals surface area contributed by atoms with Gasteiger partial charge >= 0.3 is 0 Å². The van der Waals surface area contributed by atoms with Gasteiger partial charge in [-0.3, -0.25) is 4.79 Å². The van der Waals surface area contributed by atoms with Crippen LogP contribution in [0, 0.1) is 12.8 Å². The van der Waals surface area contributed by atoms with E-state index in [2.05, 4.69) is 21.2 Å². The van der Waals surface area contributed by atoms with Crippen LogP contribution in [-0.2, 0) is 9.53 Å². The zero-order valence-electron chi connectivity index (χ0n) is 10.00. The average molecular weight is 298 g/mol. The molecule has 0 radical (unpaired) electrons. The summed E-state index contributed by atoms with van der Waals surface area (Å²) in [4.78, 5) is 12.0. The van der Waals surface area contributed by atoms with Gasteiger partial charge in [0.1, 0.15) is 6.10 Å². The van der Waals surface area contributed by atoms with Crippen LogP contribution in [0.1, 0.15) is 18.9 Å². The van der Waals surface area contributed by atoms with Crippen molar-refractivity contribution in [3.63, 3.8) is 0 Å². The summed E-state index contributed by atoms with van der Waals surface area (Å²) in [7, 11) is 0. The number of halogens is 1. The highest BCUT2D eigenvalue weighted by Gasteiger charge is 2.30. The highest BCUT2D eigenvalue weighted by molar-refractivity contribution is 9.10. The predicted octanol–water partition coefficient (Wildman–Crippen LogP) is 3.12. The second-order valence-electron chi connectivity index (χ2n) is 4.51. The van der Waals surface area contributed by atoms with E-state index in [-0.39, 0.29) is 12.0 Å². The Kier molecular flexibility index (Phi) is 3.84. The van der Waals surface area contributed by atoms with Gasteiger partial charge in [0.2, 0.25) is 0 Å². The SMILES string of the molecule is Cc1ccc(NC(=O)C2OCCC2C)cc1Br. The van der Waals surface area contributed by atoms with Crippen LogP contribution in [0.4, 0.5) is 5.69 Å². The molecule has 17 heavy (non-hydrogen) atoms. The summed E-state index contributed by atoms with van der Waals surface area (Å²) in [5.41, 5.74) is 1.95. The van der Waals surface area contributed by atoms with E-state index in [9.17, 15) is 4.79 Å². The molecule has 1 aliphatic rings. The molecule has 0 bridgehead atoms. The number of aryl methyl sites for hydroxylation is 1. The van der Waals surface area contributed by atoms with Crippen LogP contribution in [0.5, 0.6) is 0 Å². The fraction of sp³-hybridized carbons (Fsp3) is 0.462. The highest BCUT2D eigenvalue weighted by Crippen LogP contribution is 2.24. The lowest BCUT2D eigenvalue weighted by molar-refractivity contribution is -0.126. The van der Waals surface area contributed by atoms with Gasteiger partial charge < -0.3 is 10.1 Å². The van der Waals surface area contributed by atoms with Crippen molar-refractivity contribution in [3.8, 4) is 0 Å². The summed E-state index contributed by atoms with van der Waals surface area (Å²) in [5.74, 6) is 0.245. The highest BCUT2D eigenvalue weighted by atomic mass is 79.9. The maximum atomic E-state index is 12.0. The Bertz CT molecular complexity index is 433. The molecule has 2 atom stereocenters. The fourth-order valence-corrected chi connectivity index (χ4v) is 2.29. The molecule has 1 aromatic rings. The molecule has 3 nitrogen and oxygen atoms in total. The van der Waals surface area contributed by atoms with Crippen LogP contribution in [-0.4, -0.2) is 18.6 Å². The van der Waals surface area contributed by atoms with Crippen molar-refractivity contribution in [2.45, 2.75) is 26.4 Å². The fourth-order valence-electron chi connectivity index (χ4n) is 1.91. The molecule has 0 aliphatic carbocycles. The van der Waals surface area contributed by atoms with Gasteiger partial charge in [-0.15, -0.1) is 0 Å². The van der Waals surface area contributed by atoms with Crippen LogP contribution in [0.25, 0.3) is 0 Å². The molecule has 92 valence electrons. The van der Waals surface area contributed by atoms with Crippen LogP contribution in [0.2, 0.25) is 0 Å². The van der Waals surface area contributed by atoms with E-state index in [4.69, 9.17) is 4.74 Å². The lowest BCUT2D eigenvalue weighted by Crippen LogP contribution is -2.31. The van der Waals surface area contributed by atoms with Gasteiger partial charge in [-0.05, 0) is 37.0 Å². The third-order valence-electron chi connectivity index (χ3n) is 3.09. The number of rotatable bonds is 2. The molecule has 2 unspecified atom stereocenters. The Morgan fingerprint density at radius 3 is 2.88 bits per heavy atom. The first-order valence-corrected chi connectivity index (χ1v) is 6.56. The molecule has 2 rings (SSSR count). The molecular formula is C13H16BrNO2. The predicted molar refractivity (Wildman–Crippen MR) is 71.0 cm³/mol. The molecule has 1 heterocycles. The van der Waals surface area contributed by atoms with Gasteiger partial charge in [-0.1, -0.05) is 28.9 Å². The number of nitrogens with one attached hydrogen (secondary N) is 1. The van der Waals surface area contributed by atoms with Gasteiger partial charge in [-0.2, -0.15) is 0 Å². The normalized spacial score (nSPS) is 23.7. The Hall–Kier alpha value is -0.870. The second-order valence-corrected chi connectivity index (χ2v) is 5.36. The minimum atomic E-state index is -0.310. The lowest BCUT2D eigenvalue weighted by Gasteiger charge is -2.14. The van der Waals surface area contributed by atoms with Crippen LogP contribution in [0.3, 0.4) is 0 Å². The van der Waals surface area contributed by atoms with Crippen LogP contribution >= 0.6 is 15.9 Å². The van der Waals surface area contributed by atoms with Gasteiger partial charge in [0.15, 0.2) is 0 Å². The largest absolute Gasteiger partial charge is 0.368 e. The monoisotopic (exact) mass is 297 g/mol. The molecule has 1 aromatic carbocycles. The topological polar surface area (TPSA) is 38.3 Å². The number of hydrogen-bond acceptors (Lipinski definition) is 2. The van der Waals surface area contributed by atoms with E-state index in [0.717, 1.165) is 22.1 Å². The van der Waals surface area contributed by atoms with Gasteiger partial charge in [0.25, 0.3) is 5.91 Å². The number of amides is 1. The number of benzene rings is 1. The summed E-state index contributed by atoms with van der Waals surface area (Å²) in [6.45, 7) is 4.73. The third-order valence-corrected chi connectivity index (χ3v) is 3.94. The molecule has 1 aliphatic heterocycles. The summed E-state index contributed by atoms with van der Waals surface area (Å²) in [5, 5.41) is 2.89. The maximum Gasteiger partial charge on any atom is 0.253 e. The van der Waals surface area contributed by atoms with E-state index in [1.54, 1.807) is 0 Å². The Morgan fingerprint density at radius 2 is 2.29 bits per heavy atom. The van der Waals surface area contributed by atoms with Gasteiger partial charge in [0.05, 0.1) is 0 Å². The number of anilines is 1. The summed E-state index contributed by atoms with van der Waals surface area (Å²) in [6, 6.07) is 5.78. The first-order chi connectivity index (χ1) is 8.08. The van der Waals surface area contributed by atoms with Crippen molar-refractivity contribution in [1.82, 2.24) is 0 Å². The molecule has 1 N–H and O–H groups in total. The van der Waals surface area contributed by atoms with Crippen molar-refractivity contribution < 1.29 is 9.53 Å². The Morgan fingerprint density at radius 1 is 1.53 bits per heavy atom. The minimum Gasteiger partial charge on any atom is -0.368 e. The maximum absolute atomic E-state index is 12.0. The van der Waals surface area contributed by atoms with Crippen molar-refractivity contribution in [1.29, 1.82) is 0 Å². The molecule has 1 fully saturated rings. The number of ether oxygens (including phenoxy) is 1. The number of carbonyl (C=O) groups is 1. The van der Waals surface area contributed by atoms with E-state index in [1.165, 1.54) is 0 Å². The molecule has 0 aromatic heterocycles. The summed E-state index contributed by atoms with van der Waals surface area (Å²) < 4.78 is 6.43.